The summed E-state index contributed by atoms with van der Waals surface area (Å²) >= 11 is 0. The van der Waals surface area contributed by atoms with Crippen molar-refractivity contribution in [2.24, 2.45) is 5.73 Å². The summed E-state index contributed by atoms with van der Waals surface area (Å²) in [5.41, 5.74) is 10.6. The number of fused-ring (bicyclic) bond motifs is 1. The lowest BCUT2D eigenvalue weighted by Gasteiger charge is -2.33. The Labute approximate surface area is 212 Å². The van der Waals surface area contributed by atoms with Crippen LogP contribution in [0.15, 0.2) is 72.9 Å². The maximum atomic E-state index is 11.7. The first-order valence-electron chi connectivity index (χ1n) is 12.5. The number of carbonyl (C=O) groups is 1. The van der Waals surface area contributed by atoms with E-state index in [4.69, 9.17) is 15.2 Å². The first kappa shape index (κ1) is 23.9. The molecule has 1 amide bonds. The third kappa shape index (κ3) is 4.69. The van der Waals surface area contributed by atoms with E-state index in [0.717, 1.165) is 72.4 Å². The van der Waals surface area contributed by atoms with Crippen molar-refractivity contribution in [3.05, 3.63) is 84.1 Å². The van der Waals surface area contributed by atoms with Crippen molar-refractivity contribution in [1.29, 1.82) is 0 Å². The molecule has 1 aliphatic heterocycles. The number of hydrogen-bond acceptors (Lipinski definition) is 4. The molecule has 3 aromatic carbocycles. The maximum Gasteiger partial charge on any atom is 0.248 e. The fourth-order valence-corrected chi connectivity index (χ4v) is 5.45. The van der Waals surface area contributed by atoms with Gasteiger partial charge in [0.1, 0.15) is 11.5 Å². The third-order valence-corrected chi connectivity index (χ3v) is 7.39. The molecule has 186 valence electrons. The van der Waals surface area contributed by atoms with Crippen molar-refractivity contribution in [2.75, 3.05) is 33.9 Å². The number of benzene rings is 3. The second kappa shape index (κ2) is 10.5. The monoisotopic (exact) mass is 483 g/mol. The highest BCUT2D eigenvalue weighted by Crippen LogP contribution is 2.37. The Bertz CT molecular complexity index is 1370. The van der Waals surface area contributed by atoms with Gasteiger partial charge in [0.15, 0.2) is 0 Å². The number of piperidine rings is 1. The van der Waals surface area contributed by atoms with Crippen LogP contribution in [0.5, 0.6) is 11.5 Å². The molecule has 0 atom stereocenters. The maximum absolute atomic E-state index is 11.7. The van der Waals surface area contributed by atoms with Crippen molar-refractivity contribution in [2.45, 2.75) is 25.3 Å². The normalized spacial score (nSPS) is 14.7. The quantitative estimate of drug-likeness (QED) is 0.369. The largest absolute Gasteiger partial charge is 0.496 e. The average Bonchev–Trinajstić information content (AvgIpc) is 3.35. The van der Waals surface area contributed by atoms with Gasteiger partial charge in [-0.1, -0.05) is 36.4 Å². The van der Waals surface area contributed by atoms with Gasteiger partial charge in [-0.3, -0.25) is 4.79 Å². The molecule has 2 heterocycles. The van der Waals surface area contributed by atoms with Crippen LogP contribution in [-0.2, 0) is 6.42 Å². The molecule has 0 bridgehead atoms. The summed E-state index contributed by atoms with van der Waals surface area (Å²) in [6, 6.07) is 22.6. The van der Waals surface area contributed by atoms with E-state index in [2.05, 4.69) is 33.9 Å². The standard InChI is InChI=1S/C30H33N3O3/c1-35-28-8-4-3-6-25(28)24-7-5-9-29(36-2)26(24)15-18-32-16-13-23(14-17-32)33-19-12-21-10-11-22(30(31)34)20-27(21)33/h3-12,19-20,23H,13-18H2,1-2H3,(H2,31,34). The number of hydrogen-bond donors (Lipinski definition) is 1. The summed E-state index contributed by atoms with van der Waals surface area (Å²) in [6.07, 6.45) is 5.17. The Morgan fingerprint density at radius 1 is 0.917 bits per heavy atom. The van der Waals surface area contributed by atoms with Crippen LogP contribution >= 0.6 is 0 Å². The highest BCUT2D eigenvalue weighted by atomic mass is 16.5. The molecule has 0 radical (unpaired) electrons. The van der Waals surface area contributed by atoms with Gasteiger partial charge in [0, 0.05) is 54.1 Å². The molecule has 1 aromatic heterocycles. The first-order chi connectivity index (χ1) is 17.6. The molecular weight excluding hydrogens is 450 g/mol. The number of likely N-dealkylation sites (tertiary alicyclic amines) is 1. The van der Waals surface area contributed by atoms with Crippen LogP contribution in [0.3, 0.4) is 0 Å². The molecule has 1 saturated heterocycles. The zero-order valence-electron chi connectivity index (χ0n) is 20.9. The highest BCUT2D eigenvalue weighted by Gasteiger charge is 2.23. The van der Waals surface area contributed by atoms with Gasteiger partial charge in [-0.15, -0.1) is 0 Å². The van der Waals surface area contributed by atoms with Gasteiger partial charge < -0.3 is 24.7 Å². The SMILES string of the molecule is COc1ccccc1-c1cccc(OC)c1CCN1CCC(n2ccc3ccc(C(N)=O)cc32)CC1. The Morgan fingerprint density at radius 3 is 2.39 bits per heavy atom. The van der Waals surface area contributed by atoms with E-state index < -0.39 is 0 Å². The fraction of sp³-hybridized carbons (Fsp3) is 0.300. The van der Waals surface area contributed by atoms with Crippen LogP contribution < -0.4 is 15.2 Å². The van der Waals surface area contributed by atoms with Crippen molar-refractivity contribution < 1.29 is 14.3 Å². The van der Waals surface area contributed by atoms with Gasteiger partial charge in [-0.2, -0.15) is 0 Å². The number of nitrogens with two attached hydrogens (primary N) is 1. The number of methoxy groups -OCH3 is 2. The molecule has 2 N–H and O–H groups in total. The molecule has 36 heavy (non-hydrogen) atoms. The zero-order valence-corrected chi connectivity index (χ0v) is 20.9. The summed E-state index contributed by atoms with van der Waals surface area (Å²) in [5, 5.41) is 1.14. The zero-order chi connectivity index (χ0) is 25.1. The molecule has 1 aliphatic rings. The lowest BCUT2D eigenvalue weighted by molar-refractivity contribution is 0.100. The topological polar surface area (TPSA) is 69.7 Å². The van der Waals surface area contributed by atoms with Gasteiger partial charge in [0.2, 0.25) is 5.91 Å². The van der Waals surface area contributed by atoms with Crippen molar-refractivity contribution in [3.63, 3.8) is 0 Å². The second-order valence-corrected chi connectivity index (χ2v) is 9.37. The first-order valence-corrected chi connectivity index (χ1v) is 12.5. The molecule has 0 unspecified atom stereocenters. The van der Waals surface area contributed by atoms with E-state index in [9.17, 15) is 4.79 Å². The number of nitrogens with zero attached hydrogens (tertiary/aromatic N) is 2. The molecule has 0 spiro atoms. The van der Waals surface area contributed by atoms with Crippen molar-refractivity contribution >= 4 is 16.8 Å². The van der Waals surface area contributed by atoms with Crippen molar-refractivity contribution in [1.82, 2.24) is 9.47 Å². The van der Waals surface area contributed by atoms with Crippen LogP contribution in [0.25, 0.3) is 22.0 Å². The lowest BCUT2D eigenvalue weighted by Crippen LogP contribution is -2.36. The molecule has 0 saturated carbocycles. The predicted octanol–water partition coefficient (Wildman–Crippen LogP) is 5.30. The molecule has 4 aromatic rings. The summed E-state index contributed by atoms with van der Waals surface area (Å²) in [5.74, 6) is 1.40. The molecule has 1 fully saturated rings. The summed E-state index contributed by atoms with van der Waals surface area (Å²) < 4.78 is 13.7. The smallest absolute Gasteiger partial charge is 0.248 e. The average molecular weight is 484 g/mol. The Morgan fingerprint density at radius 2 is 1.64 bits per heavy atom. The van der Waals surface area contributed by atoms with E-state index in [1.54, 1.807) is 20.3 Å². The van der Waals surface area contributed by atoms with Gasteiger partial charge in [0.05, 0.1) is 14.2 Å². The highest BCUT2D eigenvalue weighted by molar-refractivity contribution is 5.97. The third-order valence-electron chi connectivity index (χ3n) is 7.39. The van der Waals surface area contributed by atoms with E-state index in [1.165, 1.54) is 5.56 Å². The number of amides is 1. The van der Waals surface area contributed by atoms with Gasteiger partial charge in [0.25, 0.3) is 0 Å². The number of aromatic nitrogens is 1. The number of rotatable bonds is 8. The minimum absolute atomic E-state index is 0.386. The van der Waals surface area contributed by atoms with Crippen molar-refractivity contribution in [3.8, 4) is 22.6 Å². The van der Waals surface area contributed by atoms with E-state index in [1.807, 2.05) is 42.5 Å². The van der Waals surface area contributed by atoms with E-state index in [-0.39, 0.29) is 5.91 Å². The summed E-state index contributed by atoms with van der Waals surface area (Å²) in [7, 11) is 3.45. The molecule has 6 nitrogen and oxygen atoms in total. The lowest BCUT2D eigenvalue weighted by atomic mass is 9.95. The summed E-state index contributed by atoms with van der Waals surface area (Å²) in [6.45, 7) is 3.02. The number of primary amides is 1. The number of ether oxygens (including phenoxy) is 2. The Kier molecular flexibility index (Phi) is 6.96. The van der Waals surface area contributed by atoms with Crippen LogP contribution in [0.4, 0.5) is 0 Å². The number of para-hydroxylation sites is 1. The minimum Gasteiger partial charge on any atom is -0.496 e. The van der Waals surface area contributed by atoms with Gasteiger partial charge in [-0.05, 0) is 60.5 Å². The van der Waals surface area contributed by atoms with Gasteiger partial charge in [-0.25, -0.2) is 0 Å². The van der Waals surface area contributed by atoms with Crippen LogP contribution in [0, 0.1) is 0 Å². The molecule has 5 rings (SSSR count). The molecule has 0 aliphatic carbocycles. The fourth-order valence-electron chi connectivity index (χ4n) is 5.45. The minimum atomic E-state index is -0.386. The molecular formula is C30H33N3O3. The van der Waals surface area contributed by atoms with Gasteiger partial charge >= 0.3 is 0 Å². The Balaban J connectivity index is 1.29. The van der Waals surface area contributed by atoms with Crippen LogP contribution in [0.2, 0.25) is 0 Å². The van der Waals surface area contributed by atoms with Crippen LogP contribution in [0.1, 0.15) is 34.8 Å². The molecule has 6 heteroatoms. The predicted molar refractivity (Wildman–Crippen MR) is 144 cm³/mol. The Hall–Kier alpha value is -3.77. The van der Waals surface area contributed by atoms with Crippen LogP contribution in [-0.4, -0.2) is 49.2 Å². The summed E-state index contributed by atoms with van der Waals surface area (Å²) in [4.78, 5) is 14.2. The van der Waals surface area contributed by atoms with E-state index >= 15 is 0 Å². The van der Waals surface area contributed by atoms with E-state index in [0.29, 0.717) is 11.6 Å². The second-order valence-electron chi connectivity index (χ2n) is 9.37. The number of carbonyl (C=O) groups excluding carboxylic acids is 1.